The van der Waals surface area contributed by atoms with Gasteiger partial charge in [-0.15, -0.1) is 0 Å². The van der Waals surface area contributed by atoms with Crippen molar-refractivity contribution in [2.24, 2.45) is 5.92 Å². The molecule has 1 unspecified atom stereocenters. The lowest BCUT2D eigenvalue weighted by Gasteiger charge is -2.50. The molecular formula is C67H72F6N2. The largest absolute Gasteiger partial charge is 0.416 e. The second kappa shape index (κ2) is 18.2. The van der Waals surface area contributed by atoms with Crippen LogP contribution >= 0.6 is 0 Å². The van der Waals surface area contributed by atoms with Crippen molar-refractivity contribution in [2.75, 3.05) is 4.90 Å². The van der Waals surface area contributed by atoms with E-state index in [0.29, 0.717) is 27.9 Å². The summed E-state index contributed by atoms with van der Waals surface area (Å²) in [6, 6.07) is 31.8. The third-order valence-corrected chi connectivity index (χ3v) is 17.6. The summed E-state index contributed by atoms with van der Waals surface area (Å²) in [6.45, 7) is 22.2. The first-order chi connectivity index (χ1) is 35.3. The Morgan fingerprint density at radius 1 is 0.453 bits per heavy atom. The van der Waals surface area contributed by atoms with Gasteiger partial charge in [-0.3, -0.25) is 0 Å². The van der Waals surface area contributed by atoms with Gasteiger partial charge in [-0.25, -0.2) is 0 Å². The van der Waals surface area contributed by atoms with Gasteiger partial charge in [-0.1, -0.05) is 162 Å². The van der Waals surface area contributed by atoms with Crippen LogP contribution in [0.4, 0.5) is 37.7 Å². The van der Waals surface area contributed by atoms with Crippen LogP contribution in [0.2, 0.25) is 0 Å². The number of aromatic nitrogens is 1. The van der Waals surface area contributed by atoms with Crippen molar-refractivity contribution >= 4 is 33.2 Å². The average Bonchev–Trinajstić information content (AvgIpc) is 3.69. The predicted octanol–water partition coefficient (Wildman–Crippen LogP) is 20.9. The van der Waals surface area contributed by atoms with E-state index in [9.17, 15) is 0 Å². The molecular weight excluding hydrogens is 947 g/mol. The van der Waals surface area contributed by atoms with Gasteiger partial charge in [0.2, 0.25) is 0 Å². The quantitative estimate of drug-likeness (QED) is 0.151. The van der Waals surface area contributed by atoms with Gasteiger partial charge in [-0.2, -0.15) is 26.3 Å². The van der Waals surface area contributed by atoms with Crippen LogP contribution < -0.4 is 4.90 Å². The highest BCUT2D eigenvalue weighted by molar-refractivity contribution is 6.12. The second-order valence-corrected chi connectivity index (χ2v) is 25.7. The summed E-state index contributed by atoms with van der Waals surface area (Å²) < 4.78 is 94.9. The SMILES string of the molecule is C[C@H]1C2=CC1c1cc(C(C)(C)C)ccc1N2c1c(-c2cccc(C(F)(F)F)c2)c(C2CCCCC2)c(-n2c3ccc(C(C)(C)C)cc3c3cc(C(C)(C)C)ccc32)c(C2CCCCC2)c1-c1cccc(C(F)(F)F)c1. The summed E-state index contributed by atoms with van der Waals surface area (Å²) in [5.41, 5.74) is 12.3. The number of allylic oxidation sites excluding steroid dienone is 2. The van der Waals surface area contributed by atoms with E-state index in [1.165, 1.54) is 41.0 Å². The summed E-state index contributed by atoms with van der Waals surface area (Å²) in [7, 11) is 0. The zero-order valence-corrected chi connectivity index (χ0v) is 45.4. The first kappa shape index (κ1) is 51.4. The van der Waals surface area contributed by atoms with Gasteiger partial charge in [0.1, 0.15) is 0 Å². The highest BCUT2D eigenvalue weighted by Gasteiger charge is 2.47. The van der Waals surface area contributed by atoms with Gasteiger partial charge in [0.05, 0.1) is 33.5 Å². The molecule has 0 saturated heterocycles. The lowest BCUT2D eigenvalue weighted by Crippen LogP contribution is -2.39. The lowest BCUT2D eigenvalue weighted by molar-refractivity contribution is -0.138. The first-order valence-electron chi connectivity index (χ1n) is 27.7. The predicted molar refractivity (Wildman–Crippen MR) is 298 cm³/mol. The number of nitrogens with zero attached hydrogens (tertiary/aromatic N) is 2. The summed E-state index contributed by atoms with van der Waals surface area (Å²) in [6.07, 6.45) is 2.25. The van der Waals surface area contributed by atoms with Crippen molar-refractivity contribution in [2.45, 2.75) is 180 Å². The zero-order chi connectivity index (χ0) is 53.3. The maximum Gasteiger partial charge on any atom is 0.416 e. The van der Waals surface area contributed by atoms with Gasteiger partial charge in [0.25, 0.3) is 0 Å². The molecule has 2 nitrogen and oxygen atoms in total. The molecule has 0 amide bonds. The Morgan fingerprint density at radius 3 is 1.29 bits per heavy atom. The van der Waals surface area contributed by atoms with E-state index in [1.54, 1.807) is 0 Å². The summed E-state index contributed by atoms with van der Waals surface area (Å²) in [4.78, 5) is 2.30. The molecule has 3 heterocycles. The van der Waals surface area contributed by atoms with E-state index in [4.69, 9.17) is 0 Å². The number of halogens is 6. The fourth-order valence-electron chi connectivity index (χ4n) is 13.4. The first-order valence-corrected chi connectivity index (χ1v) is 27.7. The van der Waals surface area contributed by atoms with Gasteiger partial charge in [-0.05, 0) is 153 Å². The summed E-state index contributed by atoms with van der Waals surface area (Å²) in [5, 5.41) is 2.16. The van der Waals surface area contributed by atoms with E-state index in [2.05, 4.69) is 139 Å². The van der Waals surface area contributed by atoms with Crippen molar-refractivity contribution in [3.8, 4) is 27.9 Å². The van der Waals surface area contributed by atoms with Crippen LogP contribution in [0.15, 0.2) is 115 Å². The number of benzene rings is 6. The molecule has 2 aliphatic heterocycles. The fourth-order valence-corrected chi connectivity index (χ4v) is 13.4. The molecule has 1 aromatic heterocycles. The van der Waals surface area contributed by atoms with Crippen molar-refractivity contribution in [1.29, 1.82) is 0 Å². The Hall–Kier alpha value is -5.76. The molecule has 2 atom stereocenters. The van der Waals surface area contributed by atoms with Crippen molar-refractivity contribution in [3.05, 3.63) is 159 Å². The number of alkyl halides is 6. The lowest BCUT2D eigenvalue weighted by atomic mass is 9.68. The van der Waals surface area contributed by atoms with Crippen LogP contribution in [-0.2, 0) is 28.6 Å². The van der Waals surface area contributed by atoms with Gasteiger partial charge in [0.15, 0.2) is 0 Å². The van der Waals surface area contributed by atoms with Crippen molar-refractivity contribution in [3.63, 3.8) is 0 Å². The molecule has 0 spiro atoms. The van der Waals surface area contributed by atoms with E-state index in [-0.39, 0.29) is 39.9 Å². The van der Waals surface area contributed by atoms with E-state index in [0.717, 1.165) is 132 Å². The Balaban J connectivity index is 1.43. The highest BCUT2D eigenvalue weighted by Crippen LogP contribution is 2.63. The minimum Gasteiger partial charge on any atom is -0.313 e. The molecule has 5 aliphatic rings. The number of anilines is 2. The molecule has 12 rings (SSSR count). The van der Waals surface area contributed by atoms with Crippen LogP contribution in [0.1, 0.15) is 196 Å². The molecule has 3 aliphatic carbocycles. The number of hydrogen-bond acceptors (Lipinski definition) is 1. The Bertz CT molecular complexity index is 3230. The Labute approximate surface area is 440 Å². The molecule has 2 saturated carbocycles. The normalized spacial score (nSPS) is 19.1. The fraction of sp³-hybridized carbons (Fsp3) is 0.433. The topological polar surface area (TPSA) is 8.17 Å². The maximum atomic E-state index is 15.4. The van der Waals surface area contributed by atoms with Crippen LogP contribution in [0, 0.1) is 5.92 Å². The Morgan fingerprint density at radius 2 is 0.880 bits per heavy atom. The molecule has 8 heteroatoms. The standard InChI is InChI=1S/C67H72F6N2/c1-39-49-38-56(39)75(53-30-27-44(35-50(49)53)63(2,3)4)62-59(42-23-17-25-47(33-42)66(68,69)70)57(40-19-13-11-14-20-40)61(58(41-21-15-12-16-22-41)60(62)43-24-18-26-48(34-43)67(71,72)73)74-54-31-28-45(64(5,6)7)36-51(54)52-37-46(65(8,9)10)29-32-55(52)74/h17-18,23-41,49H,11-16,19-22H2,1-10H3/t39-,49?/m1/s1. The number of rotatable bonds is 6. The zero-order valence-electron chi connectivity index (χ0n) is 45.4. The maximum absolute atomic E-state index is 15.4. The van der Waals surface area contributed by atoms with Crippen LogP contribution in [0.3, 0.4) is 0 Å². The second-order valence-electron chi connectivity index (χ2n) is 25.7. The highest BCUT2D eigenvalue weighted by atomic mass is 19.4. The minimum atomic E-state index is -4.66. The molecule has 6 aromatic carbocycles. The van der Waals surface area contributed by atoms with Crippen molar-refractivity contribution in [1.82, 2.24) is 4.57 Å². The number of hydrogen-bond donors (Lipinski definition) is 0. The third-order valence-electron chi connectivity index (χ3n) is 17.6. The molecule has 0 radical (unpaired) electrons. The molecule has 0 N–H and O–H groups in total. The smallest absolute Gasteiger partial charge is 0.313 e. The van der Waals surface area contributed by atoms with Crippen LogP contribution in [0.25, 0.3) is 49.7 Å². The Kier molecular flexibility index (Phi) is 12.5. The van der Waals surface area contributed by atoms with Crippen molar-refractivity contribution < 1.29 is 26.3 Å². The average molecular weight is 1020 g/mol. The molecule has 7 aromatic rings. The minimum absolute atomic E-state index is 0.0405. The van der Waals surface area contributed by atoms with Gasteiger partial charge >= 0.3 is 12.4 Å². The van der Waals surface area contributed by atoms with Crippen LogP contribution in [-0.4, -0.2) is 4.57 Å². The molecule has 392 valence electrons. The molecule has 2 bridgehead atoms. The summed E-state index contributed by atoms with van der Waals surface area (Å²) >= 11 is 0. The summed E-state index contributed by atoms with van der Waals surface area (Å²) in [5.74, 6) is 0.0150. The molecule has 75 heavy (non-hydrogen) atoms. The third kappa shape index (κ3) is 8.92. The van der Waals surface area contributed by atoms with E-state index in [1.807, 2.05) is 12.1 Å². The van der Waals surface area contributed by atoms with Crippen LogP contribution in [0.5, 0.6) is 0 Å². The number of fused-ring (bicyclic) bond motifs is 3. The molecule has 2 fully saturated rings. The van der Waals surface area contributed by atoms with E-state index >= 15 is 26.3 Å². The van der Waals surface area contributed by atoms with Gasteiger partial charge < -0.3 is 9.47 Å². The monoisotopic (exact) mass is 1020 g/mol. The van der Waals surface area contributed by atoms with E-state index < -0.39 is 23.5 Å². The van der Waals surface area contributed by atoms with Gasteiger partial charge in [0, 0.05) is 45.1 Å².